The van der Waals surface area contributed by atoms with Gasteiger partial charge >= 0.3 is 0 Å². The van der Waals surface area contributed by atoms with Crippen LogP contribution < -0.4 is 0 Å². The van der Waals surface area contributed by atoms with Crippen molar-refractivity contribution in [1.29, 1.82) is 0 Å². The van der Waals surface area contributed by atoms with Crippen LogP contribution in [0.5, 0.6) is 0 Å². The summed E-state index contributed by atoms with van der Waals surface area (Å²) < 4.78 is 0. The van der Waals surface area contributed by atoms with E-state index in [1.807, 2.05) is 0 Å². The molecule has 2 rings (SSSR count). The van der Waals surface area contributed by atoms with Crippen molar-refractivity contribution in [2.24, 2.45) is 11.3 Å². The highest BCUT2D eigenvalue weighted by molar-refractivity contribution is 5.47. The molecule has 0 heteroatoms. The van der Waals surface area contributed by atoms with Gasteiger partial charge in [0.1, 0.15) is 0 Å². The van der Waals surface area contributed by atoms with E-state index in [1.54, 1.807) is 0 Å². The molecule has 0 nitrogen and oxygen atoms in total. The molecule has 0 saturated heterocycles. The van der Waals surface area contributed by atoms with Gasteiger partial charge in [-0.25, -0.2) is 0 Å². The SMILES string of the molecule is C=C1CCC(C(C)(C)C)C/C1=C/C1=C(C)CC=C1. The zero-order valence-electron chi connectivity index (χ0n) is 12.3. The van der Waals surface area contributed by atoms with Gasteiger partial charge in [0.2, 0.25) is 0 Å². The lowest BCUT2D eigenvalue weighted by molar-refractivity contribution is 0.215. The zero-order chi connectivity index (χ0) is 13.3. The monoisotopic (exact) mass is 242 g/mol. The Labute approximate surface area is 112 Å². The normalized spacial score (nSPS) is 27.4. The fraction of sp³-hybridized carbons (Fsp3) is 0.556. The number of rotatable bonds is 1. The summed E-state index contributed by atoms with van der Waals surface area (Å²) in [6.45, 7) is 13.6. The standard InChI is InChI=1S/C18H26/c1-13-7-6-8-15(13)11-16-12-17(18(3,4)5)10-9-14(16)2/h6,8,11,17H,2,7,9-10,12H2,1,3-5H3/b16-11-. The predicted molar refractivity (Wildman–Crippen MR) is 80.5 cm³/mol. The number of hydrogen-bond acceptors (Lipinski definition) is 0. The van der Waals surface area contributed by atoms with E-state index >= 15 is 0 Å². The molecule has 98 valence electrons. The van der Waals surface area contributed by atoms with Crippen LogP contribution in [0.2, 0.25) is 0 Å². The molecule has 1 atom stereocenters. The van der Waals surface area contributed by atoms with Crippen LogP contribution in [0, 0.1) is 11.3 Å². The van der Waals surface area contributed by atoms with E-state index in [4.69, 9.17) is 0 Å². The molecule has 0 heterocycles. The molecular weight excluding hydrogens is 216 g/mol. The molecule has 18 heavy (non-hydrogen) atoms. The summed E-state index contributed by atoms with van der Waals surface area (Å²) in [6, 6.07) is 0. The molecule has 1 saturated carbocycles. The van der Waals surface area contributed by atoms with Gasteiger partial charge in [0.15, 0.2) is 0 Å². The van der Waals surface area contributed by atoms with Gasteiger partial charge in [-0.2, -0.15) is 0 Å². The molecule has 0 aromatic carbocycles. The Morgan fingerprint density at radius 3 is 2.61 bits per heavy atom. The highest BCUT2D eigenvalue weighted by Gasteiger charge is 2.29. The molecule has 1 fully saturated rings. The Morgan fingerprint density at radius 1 is 1.33 bits per heavy atom. The zero-order valence-corrected chi connectivity index (χ0v) is 12.3. The van der Waals surface area contributed by atoms with Gasteiger partial charge in [-0.1, -0.05) is 56.7 Å². The first-order chi connectivity index (χ1) is 8.38. The summed E-state index contributed by atoms with van der Waals surface area (Å²) in [7, 11) is 0. The summed E-state index contributed by atoms with van der Waals surface area (Å²) in [4.78, 5) is 0. The van der Waals surface area contributed by atoms with Crippen molar-refractivity contribution in [2.75, 3.05) is 0 Å². The molecule has 0 aromatic rings. The Hall–Kier alpha value is -1.04. The van der Waals surface area contributed by atoms with Crippen molar-refractivity contribution in [1.82, 2.24) is 0 Å². The fourth-order valence-corrected chi connectivity index (χ4v) is 2.90. The quantitative estimate of drug-likeness (QED) is 0.562. The van der Waals surface area contributed by atoms with Crippen LogP contribution in [-0.4, -0.2) is 0 Å². The van der Waals surface area contributed by atoms with Gasteiger partial charge in [0.25, 0.3) is 0 Å². The largest absolute Gasteiger partial charge is 0.0956 e. The van der Waals surface area contributed by atoms with Gasteiger partial charge < -0.3 is 0 Å². The third-order valence-electron chi connectivity index (χ3n) is 4.48. The van der Waals surface area contributed by atoms with Crippen LogP contribution in [0.25, 0.3) is 0 Å². The second kappa shape index (κ2) is 4.91. The third kappa shape index (κ3) is 2.85. The molecule has 0 radical (unpaired) electrons. The van der Waals surface area contributed by atoms with E-state index in [2.05, 4.69) is 52.5 Å². The van der Waals surface area contributed by atoms with E-state index in [0.29, 0.717) is 5.41 Å². The lowest BCUT2D eigenvalue weighted by atomic mass is 9.69. The van der Waals surface area contributed by atoms with Crippen LogP contribution in [0.1, 0.15) is 53.4 Å². The molecule has 0 bridgehead atoms. The van der Waals surface area contributed by atoms with E-state index < -0.39 is 0 Å². The molecule has 0 N–H and O–H groups in total. The van der Waals surface area contributed by atoms with Gasteiger partial charge in [-0.3, -0.25) is 0 Å². The van der Waals surface area contributed by atoms with Gasteiger partial charge in [-0.05, 0) is 55.1 Å². The van der Waals surface area contributed by atoms with Crippen LogP contribution in [0.4, 0.5) is 0 Å². The highest BCUT2D eigenvalue weighted by atomic mass is 14.3. The van der Waals surface area contributed by atoms with Crippen molar-refractivity contribution in [3.63, 3.8) is 0 Å². The first-order valence-corrected chi connectivity index (χ1v) is 7.13. The Bertz CT molecular complexity index is 435. The Balaban J connectivity index is 2.21. The van der Waals surface area contributed by atoms with Crippen LogP contribution in [0.3, 0.4) is 0 Å². The van der Waals surface area contributed by atoms with Crippen molar-refractivity contribution in [2.45, 2.75) is 53.4 Å². The predicted octanol–water partition coefficient (Wildman–Crippen LogP) is 5.59. The second-order valence-corrected chi connectivity index (χ2v) is 6.92. The molecule has 0 aromatic heterocycles. The van der Waals surface area contributed by atoms with E-state index in [0.717, 1.165) is 12.3 Å². The Kier molecular flexibility index (Phi) is 3.66. The second-order valence-electron chi connectivity index (χ2n) is 6.92. The summed E-state index contributed by atoms with van der Waals surface area (Å²) in [5.41, 5.74) is 6.17. The lowest BCUT2D eigenvalue weighted by Gasteiger charge is -2.36. The average molecular weight is 242 g/mol. The maximum atomic E-state index is 4.26. The van der Waals surface area contributed by atoms with Crippen molar-refractivity contribution in [3.05, 3.63) is 47.1 Å². The average Bonchev–Trinajstić information content (AvgIpc) is 2.66. The highest BCUT2D eigenvalue weighted by Crippen LogP contribution is 2.42. The lowest BCUT2D eigenvalue weighted by Crippen LogP contribution is -2.24. The van der Waals surface area contributed by atoms with Gasteiger partial charge in [-0.15, -0.1) is 0 Å². The van der Waals surface area contributed by atoms with E-state index in [1.165, 1.54) is 41.6 Å². The first-order valence-electron chi connectivity index (χ1n) is 7.13. The minimum atomic E-state index is 0.411. The van der Waals surface area contributed by atoms with Gasteiger partial charge in [0, 0.05) is 0 Å². The number of hydrogen-bond donors (Lipinski definition) is 0. The molecular formula is C18H26. The van der Waals surface area contributed by atoms with E-state index in [9.17, 15) is 0 Å². The minimum absolute atomic E-state index is 0.411. The summed E-state index contributed by atoms with van der Waals surface area (Å²) in [5, 5.41) is 0. The molecule has 0 aliphatic heterocycles. The van der Waals surface area contributed by atoms with Crippen molar-refractivity contribution in [3.8, 4) is 0 Å². The molecule has 2 aliphatic carbocycles. The minimum Gasteiger partial charge on any atom is -0.0956 e. The van der Waals surface area contributed by atoms with Crippen molar-refractivity contribution < 1.29 is 0 Å². The fourth-order valence-electron chi connectivity index (χ4n) is 2.90. The molecule has 0 spiro atoms. The van der Waals surface area contributed by atoms with Crippen molar-refractivity contribution >= 4 is 0 Å². The first kappa shape index (κ1) is 13.4. The van der Waals surface area contributed by atoms with Crippen LogP contribution >= 0.6 is 0 Å². The molecule has 1 unspecified atom stereocenters. The number of allylic oxidation sites excluding steroid dienone is 7. The van der Waals surface area contributed by atoms with Crippen LogP contribution in [-0.2, 0) is 0 Å². The smallest absolute Gasteiger partial charge is 0.0129 e. The summed E-state index contributed by atoms with van der Waals surface area (Å²) in [6.07, 6.45) is 11.7. The maximum absolute atomic E-state index is 4.26. The van der Waals surface area contributed by atoms with Gasteiger partial charge in [0.05, 0.1) is 0 Å². The summed E-state index contributed by atoms with van der Waals surface area (Å²) >= 11 is 0. The maximum Gasteiger partial charge on any atom is -0.0129 e. The molecule has 0 amide bonds. The molecule has 2 aliphatic rings. The van der Waals surface area contributed by atoms with Crippen LogP contribution in [0.15, 0.2) is 47.1 Å². The Morgan fingerprint density at radius 2 is 2.06 bits per heavy atom. The third-order valence-corrected chi connectivity index (χ3v) is 4.48. The summed E-state index contributed by atoms with van der Waals surface area (Å²) in [5.74, 6) is 0.792. The topological polar surface area (TPSA) is 0 Å². The van der Waals surface area contributed by atoms with E-state index in [-0.39, 0.29) is 0 Å².